The highest BCUT2D eigenvalue weighted by molar-refractivity contribution is 9.10. The second-order valence-corrected chi connectivity index (χ2v) is 7.74. The summed E-state index contributed by atoms with van der Waals surface area (Å²) in [7, 11) is -3.62. The SMILES string of the molecule is O=C(CNS(=O)(=O)c1sccc1Br)N1CCNCC1. The van der Waals surface area contributed by atoms with Gasteiger partial charge in [-0.3, -0.25) is 4.79 Å². The minimum atomic E-state index is -3.62. The second kappa shape index (κ2) is 6.31. The van der Waals surface area contributed by atoms with E-state index in [2.05, 4.69) is 26.0 Å². The lowest BCUT2D eigenvalue weighted by molar-refractivity contribution is -0.130. The van der Waals surface area contributed by atoms with Crippen LogP contribution in [0.25, 0.3) is 0 Å². The smallest absolute Gasteiger partial charge is 0.251 e. The number of nitrogens with zero attached hydrogens (tertiary/aromatic N) is 1. The van der Waals surface area contributed by atoms with E-state index in [1.807, 2.05) is 0 Å². The lowest BCUT2D eigenvalue weighted by Gasteiger charge is -2.27. The van der Waals surface area contributed by atoms with Gasteiger partial charge in [-0.05, 0) is 27.4 Å². The molecule has 1 aromatic rings. The molecule has 1 aliphatic heterocycles. The number of halogens is 1. The molecule has 0 aromatic carbocycles. The molecule has 106 valence electrons. The molecule has 1 amide bonds. The van der Waals surface area contributed by atoms with Crippen molar-refractivity contribution in [2.75, 3.05) is 32.7 Å². The zero-order chi connectivity index (χ0) is 13.9. The summed E-state index contributed by atoms with van der Waals surface area (Å²) in [6.07, 6.45) is 0. The Morgan fingerprint density at radius 3 is 2.74 bits per heavy atom. The van der Waals surface area contributed by atoms with Crippen LogP contribution in [0, 0.1) is 0 Å². The molecule has 1 aromatic heterocycles. The Morgan fingerprint density at radius 1 is 1.47 bits per heavy atom. The van der Waals surface area contributed by atoms with Crippen LogP contribution < -0.4 is 10.0 Å². The van der Waals surface area contributed by atoms with E-state index < -0.39 is 10.0 Å². The molecule has 0 radical (unpaired) electrons. The number of piperazine rings is 1. The Labute approximate surface area is 124 Å². The first-order chi connectivity index (χ1) is 9.00. The molecule has 1 saturated heterocycles. The highest BCUT2D eigenvalue weighted by atomic mass is 79.9. The van der Waals surface area contributed by atoms with Crippen LogP contribution in [0.5, 0.6) is 0 Å². The standard InChI is InChI=1S/C10H14BrN3O3S2/c11-8-1-6-18-10(8)19(16,17)13-7-9(15)14-4-2-12-3-5-14/h1,6,12-13H,2-5,7H2. The van der Waals surface area contributed by atoms with E-state index in [1.54, 1.807) is 16.3 Å². The van der Waals surface area contributed by atoms with E-state index in [9.17, 15) is 13.2 Å². The van der Waals surface area contributed by atoms with Gasteiger partial charge in [0.2, 0.25) is 5.91 Å². The first-order valence-electron chi connectivity index (χ1n) is 5.72. The van der Waals surface area contributed by atoms with Crippen LogP contribution in [0.3, 0.4) is 0 Å². The Bertz CT molecular complexity index is 552. The van der Waals surface area contributed by atoms with Crippen LogP contribution in [0.4, 0.5) is 0 Å². The van der Waals surface area contributed by atoms with Gasteiger partial charge in [0, 0.05) is 30.7 Å². The average molecular weight is 368 g/mol. The maximum absolute atomic E-state index is 12.0. The van der Waals surface area contributed by atoms with E-state index in [4.69, 9.17) is 0 Å². The summed E-state index contributed by atoms with van der Waals surface area (Å²) in [5, 5.41) is 4.81. The molecular formula is C10H14BrN3O3S2. The third-order valence-electron chi connectivity index (χ3n) is 2.71. The van der Waals surface area contributed by atoms with Gasteiger partial charge < -0.3 is 10.2 Å². The fourth-order valence-corrected chi connectivity index (χ4v) is 5.07. The van der Waals surface area contributed by atoms with Crippen LogP contribution in [0.2, 0.25) is 0 Å². The molecule has 2 N–H and O–H groups in total. The summed E-state index contributed by atoms with van der Waals surface area (Å²) < 4.78 is 27.0. The summed E-state index contributed by atoms with van der Waals surface area (Å²) in [5.41, 5.74) is 0. The fourth-order valence-electron chi connectivity index (χ4n) is 1.72. The summed E-state index contributed by atoms with van der Waals surface area (Å²) >= 11 is 4.28. The highest BCUT2D eigenvalue weighted by Gasteiger charge is 2.22. The first-order valence-corrected chi connectivity index (χ1v) is 8.87. The first kappa shape index (κ1) is 14.9. The molecule has 19 heavy (non-hydrogen) atoms. The van der Waals surface area contributed by atoms with Crippen molar-refractivity contribution < 1.29 is 13.2 Å². The third-order valence-corrected chi connectivity index (χ3v) is 6.78. The Morgan fingerprint density at radius 2 is 2.16 bits per heavy atom. The number of hydrogen-bond acceptors (Lipinski definition) is 5. The van der Waals surface area contributed by atoms with Crippen molar-refractivity contribution in [1.82, 2.24) is 14.9 Å². The molecule has 0 aliphatic carbocycles. The van der Waals surface area contributed by atoms with Crippen LogP contribution in [-0.2, 0) is 14.8 Å². The van der Waals surface area contributed by atoms with Crippen molar-refractivity contribution in [3.8, 4) is 0 Å². The Balaban J connectivity index is 1.94. The minimum absolute atomic E-state index is 0.195. The molecule has 0 spiro atoms. The summed E-state index contributed by atoms with van der Waals surface area (Å²) in [6, 6.07) is 1.66. The predicted octanol–water partition coefficient (Wildman–Crippen LogP) is 0.221. The molecule has 2 rings (SSSR count). The van der Waals surface area contributed by atoms with E-state index in [1.165, 1.54) is 0 Å². The van der Waals surface area contributed by atoms with Gasteiger partial charge in [0.1, 0.15) is 4.21 Å². The number of carbonyl (C=O) groups is 1. The predicted molar refractivity (Wildman–Crippen MR) is 76.7 cm³/mol. The number of rotatable bonds is 4. The van der Waals surface area contributed by atoms with E-state index in [-0.39, 0.29) is 16.7 Å². The molecule has 0 unspecified atom stereocenters. The van der Waals surface area contributed by atoms with Crippen molar-refractivity contribution in [2.45, 2.75) is 4.21 Å². The monoisotopic (exact) mass is 367 g/mol. The largest absolute Gasteiger partial charge is 0.339 e. The minimum Gasteiger partial charge on any atom is -0.339 e. The van der Waals surface area contributed by atoms with Gasteiger partial charge in [-0.1, -0.05) is 0 Å². The second-order valence-electron chi connectivity index (χ2n) is 4.01. The zero-order valence-corrected chi connectivity index (χ0v) is 13.3. The number of sulfonamides is 1. The Kier molecular flexibility index (Phi) is 4.96. The number of thiophene rings is 1. The summed E-state index contributed by atoms with van der Waals surface area (Å²) in [6.45, 7) is 2.52. The van der Waals surface area contributed by atoms with Crippen LogP contribution in [0.1, 0.15) is 0 Å². The normalized spacial score (nSPS) is 16.6. The molecule has 6 nitrogen and oxygen atoms in total. The molecule has 0 saturated carbocycles. The topological polar surface area (TPSA) is 78.5 Å². The van der Waals surface area contributed by atoms with E-state index >= 15 is 0 Å². The van der Waals surface area contributed by atoms with Crippen LogP contribution >= 0.6 is 27.3 Å². The summed E-state index contributed by atoms with van der Waals surface area (Å²) in [4.78, 5) is 13.5. The van der Waals surface area contributed by atoms with Gasteiger partial charge in [0.05, 0.1) is 6.54 Å². The van der Waals surface area contributed by atoms with Crippen molar-refractivity contribution in [1.29, 1.82) is 0 Å². The number of hydrogen-bond donors (Lipinski definition) is 2. The molecule has 1 aliphatic rings. The van der Waals surface area contributed by atoms with E-state index in [0.717, 1.165) is 24.4 Å². The Hall–Kier alpha value is -0.480. The molecule has 0 bridgehead atoms. The van der Waals surface area contributed by atoms with Gasteiger partial charge in [-0.2, -0.15) is 0 Å². The lowest BCUT2D eigenvalue weighted by atomic mass is 10.3. The number of carbonyl (C=O) groups excluding carboxylic acids is 1. The van der Waals surface area contributed by atoms with Crippen LogP contribution in [-0.4, -0.2) is 51.9 Å². The quantitative estimate of drug-likeness (QED) is 0.797. The number of nitrogens with one attached hydrogen (secondary N) is 2. The van der Waals surface area contributed by atoms with Gasteiger partial charge in [-0.25, -0.2) is 13.1 Å². The van der Waals surface area contributed by atoms with Gasteiger partial charge in [0.25, 0.3) is 10.0 Å². The van der Waals surface area contributed by atoms with Crippen molar-refractivity contribution in [2.24, 2.45) is 0 Å². The lowest BCUT2D eigenvalue weighted by Crippen LogP contribution is -2.49. The average Bonchev–Trinajstić information content (AvgIpc) is 2.84. The molecule has 9 heteroatoms. The number of amides is 1. The van der Waals surface area contributed by atoms with Gasteiger partial charge in [0.15, 0.2) is 0 Å². The molecule has 0 atom stereocenters. The summed E-state index contributed by atoms with van der Waals surface area (Å²) in [5.74, 6) is -0.197. The maximum atomic E-state index is 12.0. The van der Waals surface area contributed by atoms with Crippen LogP contribution in [0.15, 0.2) is 20.1 Å². The molecule has 2 heterocycles. The third kappa shape index (κ3) is 3.76. The van der Waals surface area contributed by atoms with E-state index in [0.29, 0.717) is 17.6 Å². The van der Waals surface area contributed by atoms with Gasteiger partial charge >= 0.3 is 0 Å². The maximum Gasteiger partial charge on any atom is 0.251 e. The molecule has 1 fully saturated rings. The zero-order valence-electron chi connectivity index (χ0n) is 10.1. The molecular weight excluding hydrogens is 354 g/mol. The van der Waals surface area contributed by atoms with Gasteiger partial charge in [-0.15, -0.1) is 11.3 Å². The van der Waals surface area contributed by atoms with Crippen molar-refractivity contribution in [3.05, 3.63) is 15.9 Å². The van der Waals surface area contributed by atoms with Crippen molar-refractivity contribution in [3.63, 3.8) is 0 Å². The highest BCUT2D eigenvalue weighted by Crippen LogP contribution is 2.27. The van der Waals surface area contributed by atoms with Crippen molar-refractivity contribution >= 4 is 43.2 Å². The fraction of sp³-hybridized carbons (Fsp3) is 0.500.